The number of halogens is 6. The van der Waals surface area contributed by atoms with E-state index in [1.54, 1.807) is 6.07 Å². The molecule has 0 aliphatic carbocycles. The standard InChI is InChI=1S/C24H26F6N4O/c1-15-4-2-5-16(10-15)21(34-9-8-33-7-3-6-20(33)14-34)22(35)32-31-19-12-17(23(25,26)27)11-18(13-19)24(28,29)30/h2,4-5,10-13,20-21,31H,3,6-9,14H2,1H3,(H,32,35)/t20-,21?/m1/s1. The van der Waals surface area contributed by atoms with Gasteiger partial charge in [0.1, 0.15) is 6.04 Å². The zero-order valence-corrected chi connectivity index (χ0v) is 19.0. The lowest BCUT2D eigenvalue weighted by Crippen LogP contribution is -2.54. The first kappa shape index (κ1) is 25.3. The molecule has 2 aromatic carbocycles. The molecule has 0 aromatic heterocycles. The maximum absolute atomic E-state index is 13.3. The summed E-state index contributed by atoms with van der Waals surface area (Å²) in [5.41, 5.74) is 2.84. The summed E-state index contributed by atoms with van der Waals surface area (Å²) in [4.78, 5) is 17.7. The zero-order valence-electron chi connectivity index (χ0n) is 19.0. The monoisotopic (exact) mass is 500 g/mol. The maximum atomic E-state index is 13.3. The Labute approximate surface area is 199 Å². The normalized spacial score (nSPS) is 20.4. The summed E-state index contributed by atoms with van der Waals surface area (Å²) in [6.07, 6.45) is -7.86. The Kier molecular flexibility index (Phi) is 7.01. The molecule has 2 aliphatic rings. The maximum Gasteiger partial charge on any atom is 0.416 e. The van der Waals surface area contributed by atoms with Crippen LogP contribution in [0.25, 0.3) is 0 Å². The number of amides is 1. The van der Waals surface area contributed by atoms with Gasteiger partial charge in [-0.15, -0.1) is 0 Å². The number of hydrogen-bond donors (Lipinski definition) is 2. The van der Waals surface area contributed by atoms with E-state index in [9.17, 15) is 31.1 Å². The van der Waals surface area contributed by atoms with Gasteiger partial charge in [-0.25, -0.2) is 0 Å². The Morgan fingerprint density at radius 2 is 1.66 bits per heavy atom. The van der Waals surface area contributed by atoms with E-state index in [4.69, 9.17) is 0 Å². The molecular formula is C24H26F6N4O. The second-order valence-corrected chi connectivity index (χ2v) is 9.05. The molecule has 0 radical (unpaired) electrons. The first-order valence-corrected chi connectivity index (χ1v) is 11.3. The number of alkyl halides is 6. The van der Waals surface area contributed by atoms with Crippen LogP contribution in [0.15, 0.2) is 42.5 Å². The number of carbonyl (C=O) groups is 1. The minimum Gasteiger partial charge on any atom is -0.299 e. The highest BCUT2D eigenvalue weighted by molar-refractivity contribution is 5.84. The summed E-state index contributed by atoms with van der Waals surface area (Å²) in [5, 5.41) is 0. The average Bonchev–Trinajstić information content (AvgIpc) is 3.25. The fourth-order valence-corrected chi connectivity index (χ4v) is 4.85. The van der Waals surface area contributed by atoms with Gasteiger partial charge in [0.05, 0.1) is 16.8 Å². The van der Waals surface area contributed by atoms with Crippen molar-refractivity contribution in [2.75, 3.05) is 31.6 Å². The van der Waals surface area contributed by atoms with Gasteiger partial charge in [0.25, 0.3) is 5.91 Å². The van der Waals surface area contributed by atoms with Crippen molar-refractivity contribution in [2.45, 2.75) is 44.2 Å². The van der Waals surface area contributed by atoms with Gasteiger partial charge in [-0.05, 0) is 50.1 Å². The van der Waals surface area contributed by atoms with E-state index in [1.165, 1.54) is 0 Å². The summed E-state index contributed by atoms with van der Waals surface area (Å²) in [6.45, 7) is 4.94. The minimum absolute atomic E-state index is 0.0453. The van der Waals surface area contributed by atoms with E-state index in [0.717, 1.165) is 31.5 Å². The minimum atomic E-state index is -4.98. The third kappa shape index (κ3) is 5.90. The van der Waals surface area contributed by atoms with Crippen molar-refractivity contribution >= 4 is 11.6 Å². The van der Waals surface area contributed by atoms with Gasteiger partial charge in [0, 0.05) is 25.7 Å². The predicted molar refractivity (Wildman–Crippen MR) is 118 cm³/mol. The van der Waals surface area contributed by atoms with E-state index >= 15 is 0 Å². The molecule has 2 aromatic rings. The van der Waals surface area contributed by atoms with Crippen LogP contribution in [-0.4, -0.2) is 47.9 Å². The molecule has 11 heteroatoms. The molecule has 5 nitrogen and oxygen atoms in total. The van der Waals surface area contributed by atoms with Gasteiger partial charge < -0.3 is 0 Å². The van der Waals surface area contributed by atoms with Crippen LogP contribution < -0.4 is 10.9 Å². The van der Waals surface area contributed by atoms with Crippen molar-refractivity contribution < 1.29 is 31.1 Å². The summed E-state index contributed by atoms with van der Waals surface area (Å²) in [6, 6.07) is 8.03. The number of hydrogen-bond acceptors (Lipinski definition) is 4. The number of nitrogens with one attached hydrogen (secondary N) is 2. The first-order chi connectivity index (χ1) is 16.4. The molecule has 0 saturated carbocycles. The Hall–Kier alpha value is -2.79. The SMILES string of the molecule is Cc1cccc(C(C(=O)NNc2cc(C(F)(F)F)cc(C(F)(F)F)c2)N2CCN3CCC[C@@H]3C2)c1. The largest absolute Gasteiger partial charge is 0.416 e. The molecule has 2 fully saturated rings. The topological polar surface area (TPSA) is 47.6 Å². The number of anilines is 1. The van der Waals surface area contributed by atoms with E-state index in [2.05, 4.69) is 15.8 Å². The Morgan fingerprint density at radius 1 is 0.971 bits per heavy atom. The number of carbonyl (C=O) groups excluding carboxylic acids is 1. The van der Waals surface area contributed by atoms with Gasteiger partial charge in [0.2, 0.25) is 0 Å². The van der Waals surface area contributed by atoms with Crippen LogP contribution in [0.1, 0.15) is 41.1 Å². The fraction of sp³-hybridized carbons (Fsp3) is 0.458. The van der Waals surface area contributed by atoms with Crippen molar-refractivity contribution in [3.05, 3.63) is 64.7 Å². The number of piperazine rings is 1. The van der Waals surface area contributed by atoms with Crippen molar-refractivity contribution in [2.24, 2.45) is 0 Å². The summed E-state index contributed by atoms with van der Waals surface area (Å²) >= 11 is 0. The summed E-state index contributed by atoms with van der Waals surface area (Å²) < 4.78 is 79.1. The molecule has 2 N–H and O–H groups in total. The number of hydrazine groups is 1. The van der Waals surface area contributed by atoms with Crippen LogP contribution in [0.5, 0.6) is 0 Å². The van der Waals surface area contributed by atoms with Gasteiger partial charge in [-0.2, -0.15) is 26.3 Å². The van der Waals surface area contributed by atoms with E-state index in [0.29, 0.717) is 36.8 Å². The zero-order chi connectivity index (χ0) is 25.4. The second-order valence-electron chi connectivity index (χ2n) is 9.05. The number of rotatable bonds is 5. The molecular weight excluding hydrogens is 474 g/mol. The number of fused-ring (bicyclic) bond motifs is 1. The number of aryl methyl sites for hydroxylation is 1. The molecule has 190 valence electrons. The molecule has 35 heavy (non-hydrogen) atoms. The van der Waals surface area contributed by atoms with Gasteiger partial charge in [-0.1, -0.05) is 29.8 Å². The summed E-state index contributed by atoms with van der Waals surface area (Å²) in [5.74, 6) is -0.562. The van der Waals surface area contributed by atoms with Crippen LogP contribution in [0.4, 0.5) is 32.0 Å². The Morgan fingerprint density at radius 3 is 2.29 bits per heavy atom. The highest BCUT2D eigenvalue weighted by atomic mass is 19.4. The van der Waals surface area contributed by atoms with Crippen LogP contribution in [0, 0.1) is 6.92 Å². The highest BCUT2D eigenvalue weighted by Gasteiger charge is 2.38. The fourth-order valence-electron chi connectivity index (χ4n) is 4.85. The second kappa shape index (κ2) is 9.69. The highest BCUT2D eigenvalue weighted by Crippen LogP contribution is 2.37. The third-order valence-corrected chi connectivity index (χ3v) is 6.51. The van der Waals surface area contributed by atoms with Gasteiger partial charge in [0.15, 0.2) is 0 Å². The summed E-state index contributed by atoms with van der Waals surface area (Å²) in [7, 11) is 0. The lowest BCUT2D eigenvalue weighted by molar-refractivity contribution is -0.143. The van der Waals surface area contributed by atoms with E-state index in [1.807, 2.05) is 30.0 Å². The van der Waals surface area contributed by atoms with E-state index in [-0.39, 0.29) is 6.07 Å². The van der Waals surface area contributed by atoms with Crippen molar-refractivity contribution in [3.8, 4) is 0 Å². The smallest absolute Gasteiger partial charge is 0.299 e. The van der Waals surface area contributed by atoms with Crippen molar-refractivity contribution in [1.82, 2.24) is 15.2 Å². The Balaban J connectivity index is 1.58. The predicted octanol–water partition coefficient (Wildman–Crippen LogP) is 5.00. The molecule has 0 spiro atoms. The van der Waals surface area contributed by atoms with Crippen LogP contribution in [0.3, 0.4) is 0 Å². The van der Waals surface area contributed by atoms with Crippen LogP contribution in [0.2, 0.25) is 0 Å². The van der Waals surface area contributed by atoms with E-state index < -0.39 is 41.1 Å². The van der Waals surface area contributed by atoms with Crippen molar-refractivity contribution in [3.63, 3.8) is 0 Å². The van der Waals surface area contributed by atoms with Gasteiger partial charge >= 0.3 is 12.4 Å². The molecule has 2 atom stereocenters. The van der Waals surface area contributed by atoms with Crippen LogP contribution >= 0.6 is 0 Å². The molecule has 1 amide bonds. The molecule has 0 bridgehead atoms. The Bertz CT molecular complexity index is 1040. The molecule has 2 saturated heterocycles. The van der Waals surface area contributed by atoms with Crippen molar-refractivity contribution in [1.29, 1.82) is 0 Å². The average molecular weight is 500 g/mol. The number of nitrogens with zero attached hydrogens (tertiary/aromatic N) is 2. The molecule has 2 aliphatic heterocycles. The lowest BCUT2D eigenvalue weighted by Gasteiger charge is -2.41. The number of benzene rings is 2. The van der Waals surface area contributed by atoms with Crippen LogP contribution in [-0.2, 0) is 17.1 Å². The quantitative estimate of drug-likeness (QED) is 0.448. The third-order valence-electron chi connectivity index (χ3n) is 6.51. The molecule has 2 heterocycles. The molecule has 1 unspecified atom stereocenters. The molecule has 4 rings (SSSR count). The lowest BCUT2D eigenvalue weighted by atomic mass is 10.00. The first-order valence-electron chi connectivity index (χ1n) is 11.3. The van der Waals surface area contributed by atoms with Gasteiger partial charge in [-0.3, -0.25) is 25.4 Å².